The fourth-order valence-corrected chi connectivity index (χ4v) is 2.05. The maximum absolute atomic E-state index is 6.17. The van der Waals surface area contributed by atoms with Crippen molar-refractivity contribution in [1.82, 2.24) is 0 Å². The molecule has 0 spiro atoms. The van der Waals surface area contributed by atoms with Gasteiger partial charge in [0.15, 0.2) is 0 Å². The van der Waals surface area contributed by atoms with Crippen molar-refractivity contribution >= 4 is 28.8 Å². The minimum Gasteiger partial charge on any atom is -0.496 e. The molecule has 0 radical (unpaired) electrons. The molecular weight excluding hydrogens is 310 g/mol. The number of benzene rings is 2. The Morgan fingerprint density at radius 2 is 1.57 bits per heavy atom. The molecule has 2 rings (SSSR count). The van der Waals surface area contributed by atoms with E-state index in [4.69, 9.17) is 43.8 Å². The lowest BCUT2D eigenvalue weighted by Gasteiger charge is -2.11. The molecular formula is C15H14ClNO3S. The molecule has 2 N–H and O–H groups in total. The van der Waals surface area contributed by atoms with Gasteiger partial charge in [0, 0.05) is 23.8 Å². The highest BCUT2D eigenvalue weighted by Crippen LogP contribution is 2.34. The fourth-order valence-electron chi connectivity index (χ4n) is 1.70. The van der Waals surface area contributed by atoms with Gasteiger partial charge in [0.2, 0.25) is 0 Å². The van der Waals surface area contributed by atoms with Gasteiger partial charge in [0.1, 0.15) is 28.0 Å². The van der Waals surface area contributed by atoms with E-state index < -0.39 is 0 Å². The van der Waals surface area contributed by atoms with Gasteiger partial charge >= 0.3 is 0 Å². The Labute approximate surface area is 133 Å². The highest BCUT2D eigenvalue weighted by atomic mass is 35.5. The quantitative estimate of drug-likeness (QED) is 0.849. The molecule has 0 saturated carbocycles. The third-order valence-corrected chi connectivity index (χ3v) is 3.30. The maximum atomic E-state index is 6.17. The van der Waals surface area contributed by atoms with Crippen LogP contribution < -0.4 is 19.9 Å². The van der Waals surface area contributed by atoms with Crippen molar-refractivity contribution < 1.29 is 14.2 Å². The molecule has 0 atom stereocenters. The number of ether oxygens (including phenoxy) is 3. The van der Waals surface area contributed by atoms with Gasteiger partial charge in [0.05, 0.1) is 19.2 Å². The van der Waals surface area contributed by atoms with Crippen molar-refractivity contribution in [3.63, 3.8) is 0 Å². The average Bonchev–Trinajstić information content (AvgIpc) is 2.48. The Hall–Kier alpha value is -1.98. The predicted molar refractivity (Wildman–Crippen MR) is 87.0 cm³/mol. The normalized spacial score (nSPS) is 10.0. The van der Waals surface area contributed by atoms with Gasteiger partial charge in [-0.1, -0.05) is 23.8 Å². The van der Waals surface area contributed by atoms with E-state index >= 15 is 0 Å². The standard InChI is InChI=1S/C15H14ClNO3S/c1-18-10-6-11(19-2)8-12(7-10)20-14-4-3-9(15(17)21)5-13(14)16/h3-8H,1-2H3,(H2,17,21). The van der Waals surface area contributed by atoms with Crippen LogP contribution >= 0.6 is 23.8 Å². The first kappa shape index (κ1) is 15.4. The maximum Gasteiger partial charge on any atom is 0.146 e. The summed E-state index contributed by atoms with van der Waals surface area (Å²) in [5.41, 5.74) is 6.25. The van der Waals surface area contributed by atoms with Gasteiger partial charge in [-0.25, -0.2) is 0 Å². The summed E-state index contributed by atoms with van der Waals surface area (Å²) in [7, 11) is 3.14. The lowest BCUT2D eigenvalue weighted by Crippen LogP contribution is -2.08. The summed E-state index contributed by atoms with van der Waals surface area (Å²) in [6.07, 6.45) is 0. The number of halogens is 1. The average molecular weight is 324 g/mol. The zero-order valence-electron chi connectivity index (χ0n) is 11.6. The van der Waals surface area contributed by atoms with Crippen molar-refractivity contribution in [3.05, 3.63) is 47.0 Å². The van der Waals surface area contributed by atoms with Gasteiger partial charge in [-0.3, -0.25) is 0 Å². The van der Waals surface area contributed by atoms with Crippen LogP contribution in [0.15, 0.2) is 36.4 Å². The van der Waals surface area contributed by atoms with E-state index in [0.29, 0.717) is 33.6 Å². The van der Waals surface area contributed by atoms with Crippen molar-refractivity contribution in [2.45, 2.75) is 0 Å². The first-order chi connectivity index (χ1) is 10.0. The van der Waals surface area contributed by atoms with Crippen molar-refractivity contribution in [2.75, 3.05) is 14.2 Å². The van der Waals surface area contributed by atoms with E-state index in [1.54, 1.807) is 50.6 Å². The topological polar surface area (TPSA) is 53.7 Å². The SMILES string of the molecule is COc1cc(OC)cc(Oc2ccc(C(N)=S)cc2Cl)c1. The van der Waals surface area contributed by atoms with Gasteiger partial charge in [-0.2, -0.15) is 0 Å². The third-order valence-electron chi connectivity index (χ3n) is 2.77. The molecule has 0 amide bonds. The van der Waals surface area contributed by atoms with Crippen LogP contribution in [-0.2, 0) is 0 Å². The van der Waals surface area contributed by atoms with Crippen LogP contribution in [0, 0.1) is 0 Å². The molecule has 0 aliphatic rings. The minimum absolute atomic E-state index is 0.284. The van der Waals surface area contributed by atoms with Crippen LogP contribution in [0.5, 0.6) is 23.0 Å². The molecule has 0 fully saturated rings. The van der Waals surface area contributed by atoms with E-state index in [1.807, 2.05) is 0 Å². The number of nitrogens with two attached hydrogens (primary N) is 1. The second kappa shape index (κ2) is 6.65. The molecule has 0 aromatic heterocycles. The molecule has 2 aromatic rings. The minimum atomic E-state index is 0.284. The Kier molecular flexibility index (Phi) is 4.88. The molecule has 0 saturated heterocycles. The summed E-state index contributed by atoms with van der Waals surface area (Å²) in [6.45, 7) is 0. The number of thiocarbonyl (C=S) groups is 1. The Morgan fingerprint density at radius 3 is 2.05 bits per heavy atom. The van der Waals surface area contributed by atoms with E-state index in [-0.39, 0.29) is 4.99 Å². The van der Waals surface area contributed by atoms with Gasteiger partial charge < -0.3 is 19.9 Å². The summed E-state index contributed by atoms with van der Waals surface area (Å²) >= 11 is 11.1. The van der Waals surface area contributed by atoms with E-state index in [1.165, 1.54) is 0 Å². The number of hydrogen-bond donors (Lipinski definition) is 1. The molecule has 0 unspecified atom stereocenters. The molecule has 21 heavy (non-hydrogen) atoms. The summed E-state index contributed by atoms with van der Waals surface area (Å²) in [5, 5.41) is 0.419. The van der Waals surface area contributed by atoms with E-state index in [2.05, 4.69) is 0 Å². The van der Waals surface area contributed by atoms with Gasteiger partial charge in [-0.15, -0.1) is 0 Å². The first-order valence-corrected chi connectivity index (χ1v) is 6.82. The fraction of sp³-hybridized carbons (Fsp3) is 0.133. The first-order valence-electron chi connectivity index (χ1n) is 6.03. The molecule has 110 valence electrons. The van der Waals surface area contributed by atoms with Crippen molar-refractivity contribution in [1.29, 1.82) is 0 Å². The van der Waals surface area contributed by atoms with Crippen LogP contribution in [0.4, 0.5) is 0 Å². The molecule has 6 heteroatoms. The number of rotatable bonds is 5. The number of methoxy groups -OCH3 is 2. The summed E-state index contributed by atoms with van der Waals surface area (Å²) in [6, 6.07) is 10.4. The zero-order valence-corrected chi connectivity index (χ0v) is 13.1. The third kappa shape index (κ3) is 3.77. The smallest absolute Gasteiger partial charge is 0.146 e. The summed E-state index contributed by atoms with van der Waals surface area (Å²) in [5.74, 6) is 2.30. The zero-order chi connectivity index (χ0) is 15.4. The predicted octanol–water partition coefficient (Wildman–Crippen LogP) is 3.78. The molecule has 4 nitrogen and oxygen atoms in total. The monoisotopic (exact) mass is 323 g/mol. The van der Waals surface area contributed by atoms with Gasteiger partial charge in [-0.05, 0) is 18.2 Å². The number of hydrogen-bond acceptors (Lipinski definition) is 4. The largest absolute Gasteiger partial charge is 0.496 e. The molecule has 0 bridgehead atoms. The van der Waals surface area contributed by atoms with Gasteiger partial charge in [0.25, 0.3) is 0 Å². The lowest BCUT2D eigenvalue weighted by molar-refractivity contribution is 0.386. The second-order valence-corrected chi connectivity index (χ2v) is 5.01. The van der Waals surface area contributed by atoms with Crippen LogP contribution in [0.2, 0.25) is 5.02 Å². The van der Waals surface area contributed by atoms with Crippen molar-refractivity contribution in [3.8, 4) is 23.0 Å². The van der Waals surface area contributed by atoms with E-state index in [9.17, 15) is 0 Å². The molecule has 0 aliphatic carbocycles. The van der Waals surface area contributed by atoms with Crippen LogP contribution in [0.25, 0.3) is 0 Å². The summed E-state index contributed by atoms with van der Waals surface area (Å²) < 4.78 is 16.1. The van der Waals surface area contributed by atoms with Crippen LogP contribution in [0.1, 0.15) is 5.56 Å². The highest BCUT2D eigenvalue weighted by molar-refractivity contribution is 7.80. The van der Waals surface area contributed by atoms with Crippen LogP contribution in [-0.4, -0.2) is 19.2 Å². The van der Waals surface area contributed by atoms with Crippen LogP contribution in [0.3, 0.4) is 0 Å². The Balaban J connectivity index is 2.31. The van der Waals surface area contributed by atoms with Crippen molar-refractivity contribution in [2.24, 2.45) is 5.73 Å². The molecule has 2 aromatic carbocycles. The second-order valence-electron chi connectivity index (χ2n) is 4.16. The Bertz CT molecular complexity index is 654. The lowest BCUT2D eigenvalue weighted by atomic mass is 10.2. The van der Waals surface area contributed by atoms with E-state index in [0.717, 1.165) is 0 Å². The summed E-state index contributed by atoms with van der Waals surface area (Å²) in [4.78, 5) is 0.284. The molecule has 0 heterocycles. The highest BCUT2D eigenvalue weighted by Gasteiger charge is 2.08. The Morgan fingerprint density at radius 1 is 1.00 bits per heavy atom. The molecule has 0 aliphatic heterocycles.